The molecule has 1 aliphatic carbocycles. The molecule has 0 amide bonds. The largest absolute Gasteiger partial charge is 0.490 e. The van der Waals surface area contributed by atoms with Gasteiger partial charge in [-0.1, -0.05) is 12.1 Å². The van der Waals surface area contributed by atoms with E-state index in [1.54, 1.807) is 0 Å². The lowest BCUT2D eigenvalue weighted by atomic mass is 9.82. The zero-order chi connectivity index (χ0) is 16.8. The van der Waals surface area contributed by atoms with E-state index in [0.29, 0.717) is 18.1 Å². The minimum atomic E-state index is 0.253. The number of hydrogen-bond donors (Lipinski definition) is 2. The molecule has 24 heavy (non-hydrogen) atoms. The molecule has 2 fully saturated rings. The molecule has 2 aliphatic rings. The Balaban J connectivity index is 1.47. The van der Waals surface area contributed by atoms with E-state index >= 15 is 0 Å². The number of benzene rings is 1. The van der Waals surface area contributed by atoms with Gasteiger partial charge in [0.15, 0.2) is 0 Å². The Morgan fingerprint density at radius 1 is 1.04 bits per heavy atom. The first-order valence-corrected chi connectivity index (χ1v) is 9.55. The van der Waals surface area contributed by atoms with Crippen LogP contribution < -0.4 is 10.1 Å². The van der Waals surface area contributed by atoms with E-state index in [-0.39, 0.29) is 6.61 Å². The molecule has 0 atom stereocenters. The molecule has 2 N–H and O–H groups in total. The van der Waals surface area contributed by atoms with Gasteiger partial charge in [0.1, 0.15) is 11.9 Å². The first-order chi connectivity index (χ1) is 11.8. The molecule has 0 bridgehead atoms. The molecule has 3 rings (SSSR count). The van der Waals surface area contributed by atoms with Gasteiger partial charge in [-0.3, -0.25) is 0 Å². The molecule has 1 aliphatic heterocycles. The average Bonchev–Trinajstić information content (AvgIpc) is 2.64. The molecule has 134 valence electrons. The molecule has 1 saturated heterocycles. The Morgan fingerprint density at radius 2 is 1.71 bits per heavy atom. The van der Waals surface area contributed by atoms with E-state index in [2.05, 4.69) is 41.5 Å². The number of nitrogens with zero attached hydrogens (tertiary/aromatic N) is 1. The van der Waals surface area contributed by atoms with Gasteiger partial charge in [-0.2, -0.15) is 0 Å². The van der Waals surface area contributed by atoms with Crippen LogP contribution in [0.2, 0.25) is 0 Å². The molecular weight excluding hydrogens is 300 g/mol. The minimum Gasteiger partial charge on any atom is -0.490 e. The van der Waals surface area contributed by atoms with E-state index in [9.17, 15) is 0 Å². The molecule has 1 heterocycles. The lowest BCUT2D eigenvalue weighted by Crippen LogP contribution is -2.39. The Bertz CT molecular complexity index is 475. The summed E-state index contributed by atoms with van der Waals surface area (Å²) in [7, 11) is 2.07. The maximum atomic E-state index is 9.01. The standard InChI is InChI=1S/C20H32N2O2/c1-21-18-6-2-16(3-7-18)17-4-8-19(9-5-17)24-20-10-12-22(13-11-20)14-15-23/h4-5,8-9,16,18,20-21,23H,2-3,6-7,10-15H2,1H3. The summed E-state index contributed by atoms with van der Waals surface area (Å²) in [4.78, 5) is 2.31. The van der Waals surface area contributed by atoms with Crippen LogP contribution in [0.15, 0.2) is 24.3 Å². The summed E-state index contributed by atoms with van der Waals surface area (Å²) in [5.74, 6) is 1.72. The van der Waals surface area contributed by atoms with Crippen molar-refractivity contribution in [2.75, 3.05) is 33.3 Å². The van der Waals surface area contributed by atoms with Crippen LogP contribution in [0.25, 0.3) is 0 Å². The van der Waals surface area contributed by atoms with Crippen molar-refractivity contribution in [1.29, 1.82) is 0 Å². The van der Waals surface area contributed by atoms with E-state index in [0.717, 1.165) is 38.2 Å². The molecule has 0 unspecified atom stereocenters. The van der Waals surface area contributed by atoms with Gasteiger partial charge in [0.05, 0.1) is 6.61 Å². The van der Waals surface area contributed by atoms with Crippen LogP contribution in [0.5, 0.6) is 5.75 Å². The maximum absolute atomic E-state index is 9.01. The zero-order valence-electron chi connectivity index (χ0n) is 14.9. The van der Waals surface area contributed by atoms with Crippen molar-refractivity contribution >= 4 is 0 Å². The van der Waals surface area contributed by atoms with Crippen LogP contribution in [0.4, 0.5) is 0 Å². The molecule has 0 spiro atoms. The van der Waals surface area contributed by atoms with Crippen LogP contribution >= 0.6 is 0 Å². The predicted molar refractivity (Wildman–Crippen MR) is 97.7 cm³/mol. The van der Waals surface area contributed by atoms with Crippen molar-refractivity contribution in [1.82, 2.24) is 10.2 Å². The van der Waals surface area contributed by atoms with Crippen LogP contribution in [-0.4, -0.2) is 55.4 Å². The monoisotopic (exact) mass is 332 g/mol. The van der Waals surface area contributed by atoms with E-state index in [1.807, 2.05) is 0 Å². The van der Waals surface area contributed by atoms with Gasteiger partial charge in [-0.05, 0) is 69.2 Å². The van der Waals surface area contributed by atoms with E-state index in [4.69, 9.17) is 9.84 Å². The highest BCUT2D eigenvalue weighted by molar-refractivity contribution is 5.30. The first kappa shape index (κ1) is 17.7. The lowest BCUT2D eigenvalue weighted by molar-refractivity contribution is 0.0889. The quantitative estimate of drug-likeness (QED) is 0.841. The minimum absolute atomic E-state index is 0.253. The van der Waals surface area contributed by atoms with Gasteiger partial charge in [0.2, 0.25) is 0 Å². The second kappa shape index (κ2) is 8.84. The SMILES string of the molecule is CNC1CCC(c2ccc(OC3CCN(CCO)CC3)cc2)CC1. The van der Waals surface area contributed by atoms with Gasteiger partial charge in [0.25, 0.3) is 0 Å². The van der Waals surface area contributed by atoms with Crippen LogP contribution in [0.1, 0.15) is 50.0 Å². The van der Waals surface area contributed by atoms with Crippen LogP contribution in [0.3, 0.4) is 0 Å². The topological polar surface area (TPSA) is 44.7 Å². The highest BCUT2D eigenvalue weighted by Gasteiger charge is 2.22. The van der Waals surface area contributed by atoms with Crippen molar-refractivity contribution in [2.45, 2.75) is 56.6 Å². The van der Waals surface area contributed by atoms with Crippen molar-refractivity contribution in [3.05, 3.63) is 29.8 Å². The summed E-state index contributed by atoms with van der Waals surface area (Å²) in [6.07, 6.45) is 7.56. The number of aliphatic hydroxyl groups excluding tert-OH is 1. The van der Waals surface area contributed by atoms with Gasteiger partial charge >= 0.3 is 0 Å². The van der Waals surface area contributed by atoms with Crippen LogP contribution in [0, 0.1) is 0 Å². The summed E-state index contributed by atoms with van der Waals surface area (Å²) in [6, 6.07) is 9.54. The number of piperidine rings is 1. The number of hydrogen-bond acceptors (Lipinski definition) is 4. The predicted octanol–water partition coefficient (Wildman–Crippen LogP) is 2.77. The summed E-state index contributed by atoms with van der Waals surface area (Å²) in [5.41, 5.74) is 1.47. The number of likely N-dealkylation sites (tertiary alicyclic amines) is 1. The fourth-order valence-electron chi connectivity index (χ4n) is 4.12. The molecular formula is C20H32N2O2. The van der Waals surface area contributed by atoms with E-state index in [1.165, 1.54) is 31.2 Å². The molecule has 0 radical (unpaired) electrons. The van der Waals surface area contributed by atoms with Crippen molar-refractivity contribution in [2.24, 2.45) is 0 Å². The van der Waals surface area contributed by atoms with Gasteiger partial charge < -0.3 is 20.1 Å². The first-order valence-electron chi connectivity index (χ1n) is 9.55. The number of rotatable bonds is 6. The highest BCUT2D eigenvalue weighted by Crippen LogP contribution is 2.33. The van der Waals surface area contributed by atoms with Gasteiger partial charge in [-0.25, -0.2) is 0 Å². The summed E-state index contributed by atoms with van der Waals surface area (Å²) >= 11 is 0. The fraction of sp³-hybridized carbons (Fsp3) is 0.700. The normalized spacial score (nSPS) is 26.4. The van der Waals surface area contributed by atoms with Crippen molar-refractivity contribution in [3.8, 4) is 5.75 Å². The average molecular weight is 332 g/mol. The highest BCUT2D eigenvalue weighted by atomic mass is 16.5. The molecule has 1 aromatic carbocycles. The molecule has 0 aromatic heterocycles. The summed E-state index contributed by atoms with van der Waals surface area (Å²) in [6.45, 7) is 3.09. The van der Waals surface area contributed by atoms with E-state index < -0.39 is 0 Å². The second-order valence-corrected chi connectivity index (χ2v) is 7.29. The second-order valence-electron chi connectivity index (χ2n) is 7.29. The van der Waals surface area contributed by atoms with Gasteiger partial charge in [-0.15, -0.1) is 0 Å². The molecule has 1 saturated carbocycles. The molecule has 4 nitrogen and oxygen atoms in total. The summed E-state index contributed by atoms with van der Waals surface area (Å²) < 4.78 is 6.16. The van der Waals surface area contributed by atoms with Crippen LogP contribution in [-0.2, 0) is 0 Å². The Labute approximate surface area is 146 Å². The lowest BCUT2D eigenvalue weighted by Gasteiger charge is -2.32. The fourth-order valence-corrected chi connectivity index (χ4v) is 4.12. The Kier molecular flexibility index (Phi) is 6.52. The number of ether oxygens (including phenoxy) is 1. The smallest absolute Gasteiger partial charge is 0.119 e. The number of nitrogens with one attached hydrogen (secondary N) is 1. The van der Waals surface area contributed by atoms with Crippen molar-refractivity contribution in [3.63, 3.8) is 0 Å². The molecule has 1 aromatic rings. The maximum Gasteiger partial charge on any atom is 0.119 e. The Hall–Kier alpha value is -1.10. The third-order valence-electron chi connectivity index (χ3n) is 5.74. The van der Waals surface area contributed by atoms with Gasteiger partial charge in [0, 0.05) is 25.7 Å². The number of aliphatic hydroxyl groups is 1. The zero-order valence-corrected chi connectivity index (χ0v) is 14.9. The summed E-state index contributed by atoms with van der Waals surface area (Å²) in [5, 5.41) is 12.4. The number of β-amino-alcohol motifs (C(OH)–C–C–N with tert-alkyl or cyclic N) is 1. The Morgan fingerprint density at radius 3 is 2.29 bits per heavy atom. The third kappa shape index (κ3) is 4.71. The molecule has 4 heteroatoms. The third-order valence-corrected chi connectivity index (χ3v) is 5.74. The van der Waals surface area contributed by atoms with Crippen molar-refractivity contribution < 1.29 is 9.84 Å².